The fourth-order valence-corrected chi connectivity index (χ4v) is 4.09. The summed E-state index contributed by atoms with van der Waals surface area (Å²) in [6.07, 6.45) is 1.06. The van der Waals surface area contributed by atoms with Crippen LogP contribution in [0.3, 0.4) is 0 Å². The van der Waals surface area contributed by atoms with Crippen LogP contribution in [0.5, 0.6) is 0 Å². The van der Waals surface area contributed by atoms with E-state index in [0.717, 1.165) is 23.2 Å². The Labute approximate surface area is 184 Å². The highest BCUT2D eigenvalue weighted by atomic mass is 16.2. The van der Waals surface area contributed by atoms with Crippen LogP contribution in [0.4, 0.5) is 5.69 Å². The molecule has 1 fully saturated rings. The molecule has 4 rings (SSSR count). The molecule has 4 nitrogen and oxygen atoms in total. The van der Waals surface area contributed by atoms with E-state index >= 15 is 0 Å². The summed E-state index contributed by atoms with van der Waals surface area (Å²) in [4.78, 5) is 29.9. The SMILES string of the molecule is Cc1ccc(N2CC(C(=O)N(CCc3ccccc3)Cc3ccccc3)CC2=O)cc1. The molecule has 31 heavy (non-hydrogen) atoms. The Balaban J connectivity index is 1.49. The molecule has 0 spiro atoms. The van der Waals surface area contributed by atoms with Gasteiger partial charge in [-0.25, -0.2) is 0 Å². The fourth-order valence-electron chi connectivity index (χ4n) is 4.09. The first-order chi connectivity index (χ1) is 15.1. The summed E-state index contributed by atoms with van der Waals surface area (Å²) in [6.45, 7) is 3.65. The molecule has 1 atom stereocenters. The Bertz CT molecular complexity index is 1020. The van der Waals surface area contributed by atoms with Gasteiger partial charge in [0.1, 0.15) is 0 Å². The monoisotopic (exact) mass is 412 g/mol. The van der Waals surface area contributed by atoms with Crippen LogP contribution >= 0.6 is 0 Å². The van der Waals surface area contributed by atoms with Gasteiger partial charge in [0, 0.05) is 31.7 Å². The second-order valence-corrected chi connectivity index (χ2v) is 8.22. The van der Waals surface area contributed by atoms with Crippen molar-refractivity contribution in [3.63, 3.8) is 0 Å². The molecule has 0 aliphatic carbocycles. The molecule has 0 radical (unpaired) electrons. The molecule has 158 valence electrons. The average molecular weight is 413 g/mol. The van der Waals surface area contributed by atoms with E-state index in [1.165, 1.54) is 5.56 Å². The Hall–Kier alpha value is -3.40. The van der Waals surface area contributed by atoms with Crippen molar-refractivity contribution >= 4 is 17.5 Å². The third kappa shape index (κ3) is 5.21. The molecule has 3 aromatic carbocycles. The molecule has 3 aromatic rings. The van der Waals surface area contributed by atoms with E-state index in [1.807, 2.05) is 84.6 Å². The summed E-state index contributed by atoms with van der Waals surface area (Å²) in [6, 6.07) is 28.2. The molecule has 1 aliphatic heterocycles. The fraction of sp³-hybridized carbons (Fsp3) is 0.259. The first-order valence-electron chi connectivity index (χ1n) is 10.8. The topological polar surface area (TPSA) is 40.6 Å². The highest BCUT2D eigenvalue weighted by molar-refractivity contribution is 6.00. The standard InChI is InChI=1S/C27H28N2O2/c1-21-12-14-25(15-13-21)29-20-24(18-26(29)30)27(31)28(19-23-10-6-3-7-11-23)17-16-22-8-4-2-5-9-22/h2-15,24H,16-20H2,1H3. The molecular formula is C27H28N2O2. The van der Waals surface area contributed by atoms with Gasteiger partial charge in [-0.05, 0) is 36.6 Å². The number of rotatable bonds is 7. The molecule has 1 saturated heterocycles. The predicted octanol–water partition coefficient (Wildman–Crippen LogP) is 4.62. The van der Waals surface area contributed by atoms with Crippen molar-refractivity contribution in [3.8, 4) is 0 Å². The van der Waals surface area contributed by atoms with E-state index in [2.05, 4.69) is 12.1 Å². The van der Waals surface area contributed by atoms with Gasteiger partial charge in [-0.2, -0.15) is 0 Å². The van der Waals surface area contributed by atoms with Gasteiger partial charge in [-0.15, -0.1) is 0 Å². The average Bonchev–Trinajstić information content (AvgIpc) is 3.19. The second-order valence-electron chi connectivity index (χ2n) is 8.22. The third-order valence-corrected chi connectivity index (χ3v) is 5.86. The van der Waals surface area contributed by atoms with E-state index in [9.17, 15) is 9.59 Å². The van der Waals surface area contributed by atoms with Crippen LogP contribution in [-0.4, -0.2) is 29.8 Å². The van der Waals surface area contributed by atoms with Crippen LogP contribution in [0.1, 0.15) is 23.1 Å². The highest BCUT2D eigenvalue weighted by Gasteiger charge is 2.37. The minimum absolute atomic E-state index is 0.0184. The maximum absolute atomic E-state index is 13.5. The highest BCUT2D eigenvalue weighted by Crippen LogP contribution is 2.27. The number of amides is 2. The van der Waals surface area contributed by atoms with Crippen LogP contribution in [0.2, 0.25) is 0 Å². The summed E-state index contributed by atoms with van der Waals surface area (Å²) in [5.74, 6) is -0.235. The summed E-state index contributed by atoms with van der Waals surface area (Å²) < 4.78 is 0. The summed E-state index contributed by atoms with van der Waals surface area (Å²) in [5, 5.41) is 0. The van der Waals surface area contributed by atoms with Crippen LogP contribution in [0.25, 0.3) is 0 Å². The maximum Gasteiger partial charge on any atom is 0.228 e. The zero-order valence-electron chi connectivity index (χ0n) is 17.9. The van der Waals surface area contributed by atoms with Gasteiger partial charge in [0.25, 0.3) is 0 Å². The Morgan fingerprint density at radius 1 is 0.903 bits per heavy atom. The molecule has 1 unspecified atom stereocenters. The van der Waals surface area contributed by atoms with Gasteiger partial charge in [-0.3, -0.25) is 9.59 Å². The number of benzene rings is 3. The number of hydrogen-bond donors (Lipinski definition) is 0. The number of anilines is 1. The van der Waals surface area contributed by atoms with Crippen molar-refractivity contribution in [1.29, 1.82) is 0 Å². The van der Waals surface area contributed by atoms with Gasteiger partial charge in [0.15, 0.2) is 0 Å². The minimum atomic E-state index is -0.312. The van der Waals surface area contributed by atoms with Crippen molar-refractivity contribution in [2.75, 3.05) is 18.0 Å². The minimum Gasteiger partial charge on any atom is -0.338 e. The normalized spacial score (nSPS) is 15.8. The molecule has 0 aromatic heterocycles. The van der Waals surface area contributed by atoms with Crippen molar-refractivity contribution in [1.82, 2.24) is 4.90 Å². The van der Waals surface area contributed by atoms with Crippen molar-refractivity contribution < 1.29 is 9.59 Å². The van der Waals surface area contributed by atoms with E-state index in [-0.39, 0.29) is 24.2 Å². The second kappa shape index (κ2) is 9.61. The number of hydrogen-bond acceptors (Lipinski definition) is 2. The molecule has 2 amide bonds. The lowest BCUT2D eigenvalue weighted by molar-refractivity contribution is -0.136. The number of carbonyl (C=O) groups is 2. The lowest BCUT2D eigenvalue weighted by Gasteiger charge is -2.26. The predicted molar refractivity (Wildman–Crippen MR) is 124 cm³/mol. The molecule has 0 N–H and O–H groups in total. The summed E-state index contributed by atoms with van der Waals surface area (Å²) >= 11 is 0. The van der Waals surface area contributed by atoms with Gasteiger partial charge in [0.2, 0.25) is 11.8 Å². The van der Waals surface area contributed by atoms with E-state index in [4.69, 9.17) is 0 Å². The number of aryl methyl sites for hydroxylation is 1. The van der Waals surface area contributed by atoms with Crippen LogP contribution in [0.15, 0.2) is 84.9 Å². The Morgan fingerprint density at radius 3 is 2.16 bits per heavy atom. The molecule has 0 bridgehead atoms. The number of nitrogens with zero attached hydrogens (tertiary/aromatic N) is 2. The quantitative estimate of drug-likeness (QED) is 0.568. The molecule has 0 saturated carbocycles. The lowest BCUT2D eigenvalue weighted by Crippen LogP contribution is -2.38. The van der Waals surface area contributed by atoms with Gasteiger partial charge >= 0.3 is 0 Å². The van der Waals surface area contributed by atoms with Gasteiger partial charge in [0.05, 0.1) is 5.92 Å². The van der Waals surface area contributed by atoms with E-state index in [0.29, 0.717) is 19.6 Å². The zero-order chi connectivity index (χ0) is 21.6. The lowest BCUT2D eigenvalue weighted by atomic mass is 10.1. The van der Waals surface area contributed by atoms with Gasteiger partial charge in [-0.1, -0.05) is 78.4 Å². The van der Waals surface area contributed by atoms with Gasteiger partial charge < -0.3 is 9.80 Å². The molecule has 4 heteroatoms. The van der Waals surface area contributed by atoms with E-state index < -0.39 is 0 Å². The molecule has 1 aliphatic rings. The van der Waals surface area contributed by atoms with Crippen LogP contribution in [0, 0.1) is 12.8 Å². The Kier molecular flexibility index (Phi) is 6.46. The van der Waals surface area contributed by atoms with Crippen LogP contribution in [-0.2, 0) is 22.6 Å². The smallest absolute Gasteiger partial charge is 0.228 e. The largest absolute Gasteiger partial charge is 0.338 e. The molecule has 1 heterocycles. The zero-order valence-corrected chi connectivity index (χ0v) is 17.9. The summed E-state index contributed by atoms with van der Waals surface area (Å²) in [7, 11) is 0. The van der Waals surface area contributed by atoms with Crippen molar-refractivity contribution in [3.05, 3.63) is 102 Å². The van der Waals surface area contributed by atoms with Crippen molar-refractivity contribution in [2.45, 2.75) is 26.3 Å². The Morgan fingerprint density at radius 2 is 1.52 bits per heavy atom. The first-order valence-corrected chi connectivity index (χ1v) is 10.8. The third-order valence-electron chi connectivity index (χ3n) is 5.86. The summed E-state index contributed by atoms with van der Waals surface area (Å²) in [5.41, 5.74) is 4.32. The van der Waals surface area contributed by atoms with E-state index in [1.54, 1.807) is 4.90 Å². The molecular weight excluding hydrogens is 384 g/mol. The van der Waals surface area contributed by atoms with Crippen LogP contribution < -0.4 is 4.90 Å². The first kappa shape index (κ1) is 20.9. The maximum atomic E-state index is 13.5. The van der Waals surface area contributed by atoms with Crippen molar-refractivity contribution in [2.24, 2.45) is 5.92 Å². The number of carbonyl (C=O) groups excluding carboxylic acids is 2.